The lowest BCUT2D eigenvalue weighted by molar-refractivity contribution is -0.119. The summed E-state index contributed by atoms with van der Waals surface area (Å²) in [7, 11) is 2.01. The molecule has 0 spiro atoms. The fourth-order valence-electron chi connectivity index (χ4n) is 1.62. The van der Waals surface area contributed by atoms with Crippen molar-refractivity contribution in [3.05, 3.63) is 0 Å². The molecule has 1 aliphatic carbocycles. The average Bonchev–Trinajstić information content (AvgIpc) is 3.15. The zero-order valence-electron chi connectivity index (χ0n) is 11.8. The molecule has 5 nitrogen and oxygen atoms in total. The lowest BCUT2D eigenvalue weighted by atomic mass is 10.3. The summed E-state index contributed by atoms with van der Waals surface area (Å²) in [5.74, 6) is 0.841. The molecule has 5 heteroatoms. The quantitative estimate of drug-likeness (QED) is 0.525. The van der Waals surface area contributed by atoms with Gasteiger partial charge in [0.15, 0.2) is 5.96 Å². The van der Waals surface area contributed by atoms with Gasteiger partial charge in [-0.3, -0.25) is 4.79 Å². The molecule has 1 amide bonds. The van der Waals surface area contributed by atoms with E-state index in [1.54, 1.807) is 0 Å². The van der Waals surface area contributed by atoms with Gasteiger partial charge < -0.3 is 15.5 Å². The predicted octanol–water partition coefficient (Wildman–Crippen LogP) is 0.962. The second-order valence-electron chi connectivity index (χ2n) is 4.79. The Morgan fingerprint density at radius 1 is 1.39 bits per heavy atom. The van der Waals surface area contributed by atoms with Gasteiger partial charge in [-0.25, -0.2) is 4.99 Å². The summed E-state index contributed by atoms with van der Waals surface area (Å²) in [6.45, 7) is 6.20. The Bertz CT molecular complexity index is 287. The van der Waals surface area contributed by atoms with E-state index < -0.39 is 0 Å². The van der Waals surface area contributed by atoms with Crippen LogP contribution in [0.15, 0.2) is 4.99 Å². The van der Waals surface area contributed by atoms with Gasteiger partial charge >= 0.3 is 0 Å². The molecule has 0 atom stereocenters. The molecular formula is C13H26N4O. The SMILES string of the molecule is CCCCN(C)C(=NCC(=O)NC1CC1)NCC. The molecule has 0 aromatic carbocycles. The van der Waals surface area contributed by atoms with E-state index in [2.05, 4.69) is 27.4 Å². The third-order valence-corrected chi connectivity index (χ3v) is 2.86. The fourth-order valence-corrected chi connectivity index (χ4v) is 1.62. The standard InChI is InChI=1S/C13H26N4O/c1-4-6-9-17(3)13(14-5-2)15-10-12(18)16-11-7-8-11/h11H,4-10H2,1-3H3,(H,14,15)(H,16,18). The van der Waals surface area contributed by atoms with Crippen LogP contribution in [0.4, 0.5) is 0 Å². The van der Waals surface area contributed by atoms with Gasteiger partial charge in [0.1, 0.15) is 6.54 Å². The molecule has 0 aromatic heterocycles. The Labute approximate surface area is 110 Å². The molecule has 0 aromatic rings. The molecule has 1 aliphatic rings. The number of rotatable bonds is 7. The third kappa shape index (κ3) is 5.89. The maximum absolute atomic E-state index is 11.6. The smallest absolute Gasteiger partial charge is 0.242 e. The van der Waals surface area contributed by atoms with Crippen LogP contribution in [0.1, 0.15) is 39.5 Å². The van der Waals surface area contributed by atoms with E-state index >= 15 is 0 Å². The van der Waals surface area contributed by atoms with Crippen molar-refractivity contribution < 1.29 is 4.79 Å². The van der Waals surface area contributed by atoms with E-state index in [0.717, 1.165) is 44.7 Å². The molecular weight excluding hydrogens is 228 g/mol. The lowest BCUT2D eigenvalue weighted by Crippen LogP contribution is -2.40. The number of unbranched alkanes of at least 4 members (excludes halogenated alkanes) is 1. The Morgan fingerprint density at radius 3 is 2.67 bits per heavy atom. The van der Waals surface area contributed by atoms with Gasteiger partial charge in [-0.05, 0) is 26.2 Å². The van der Waals surface area contributed by atoms with Gasteiger partial charge in [-0.2, -0.15) is 0 Å². The van der Waals surface area contributed by atoms with E-state index in [1.165, 1.54) is 0 Å². The highest BCUT2D eigenvalue weighted by molar-refractivity contribution is 5.85. The van der Waals surface area contributed by atoms with Gasteiger partial charge in [0.25, 0.3) is 0 Å². The number of aliphatic imine (C=N–C) groups is 1. The van der Waals surface area contributed by atoms with Crippen molar-refractivity contribution in [1.82, 2.24) is 15.5 Å². The van der Waals surface area contributed by atoms with Crippen LogP contribution >= 0.6 is 0 Å². The minimum Gasteiger partial charge on any atom is -0.357 e. The molecule has 0 aliphatic heterocycles. The first-order chi connectivity index (χ1) is 8.67. The van der Waals surface area contributed by atoms with E-state index in [-0.39, 0.29) is 12.5 Å². The van der Waals surface area contributed by atoms with Crippen molar-refractivity contribution in [2.75, 3.05) is 26.7 Å². The van der Waals surface area contributed by atoms with Crippen molar-refractivity contribution in [1.29, 1.82) is 0 Å². The van der Waals surface area contributed by atoms with Gasteiger partial charge in [-0.15, -0.1) is 0 Å². The number of hydrogen-bond acceptors (Lipinski definition) is 2. The van der Waals surface area contributed by atoms with E-state index in [9.17, 15) is 4.79 Å². The first-order valence-corrected chi connectivity index (χ1v) is 6.96. The number of nitrogens with one attached hydrogen (secondary N) is 2. The van der Waals surface area contributed by atoms with Gasteiger partial charge in [-0.1, -0.05) is 13.3 Å². The van der Waals surface area contributed by atoms with Crippen LogP contribution in [0.3, 0.4) is 0 Å². The highest BCUT2D eigenvalue weighted by Gasteiger charge is 2.22. The van der Waals surface area contributed by atoms with Crippen molar-refractivity contribution >= 4 is 11.9 Å². The highest BCUT2D eigenvalue weighted by atomic mass is 16.2. The molecule has 0 radical (unpaired) electrons. The van der Waals surface area contributed by atoms with E-state index in [1.807, 2.05) is 14.0 Å². The van der Waals surface area contributed by atoms with Crippen LogP contribution in [0.2, 0.25) is 0 Å². The van der Waals surface area contributed by atoms with Crippen LogP contribution in [-0.2, 0) is 4.79 Å². The molecule has 104 valence electrons. The molecule has 2 N–H and O–H groups in total. The second-order valence-corrected chi connectivity index (χ2v) is 4.79. The van der Waals surface area contributed by atoms with Crippen molar-refractivity contribution in [3.63, 3.8) is 0 Å². The molecule has 1 fully saturated rings. The predicted molar refractivity (Wildman–Crippen MR) is 74.7 cm³/mol. The summed E-state index contributed by atoms with van der Waals surface area (Å²) in [4.78, 5) is 18.0. The number of carbonyl (C=O) groups is 1. The van der Waals surface area contributed by atoms with Gasteiger partial charge in [0.2, 0.25) is 5.91 Å². The number of amides is 1. The van der Waals surface area contributed by atoms with Crippen LogP contribution < -0.4 is 10.6 Å². The lowest BCUT2D eigenvalue weighted by Gasteiger charge is -2.21. The molecule has 0 heterocycles. The fraction of sp³-hybridized carbons (Fsp3) is 0.846. The van der Waals surface area contributed by atoms with Crippen LogP contribution in [0.25, 0.3) is 0 Å². The van der Waals surface area contributed by atoms with E-state index in [0.29, 0.717) is 6.04 Å². The maximum Gasteiger partial charge on any atom is 0.242 e. The summed E-state index contributed by atoms with van der Waals surface area (Å²) in [5.41, 5.74) is 0. The second kappa shape index (κ2) is 7.95. The van der Waals surface area contributed by atoms with Crippen molar-refractivity contribution in [2.45, 2.75) is 45.6 Å². The molecule has 0 unspecified atom stereocenters. The Kier molecular flexibility index (Phi) is 6.54. The monoisotopic (exact) mass is 254 g/mol. The molecule has 0 bridgehead atoms. The molecule has 0 saturated heterocycles. The molecule has 1 rings (SSSR count). The van der Waals surface area contributed by atoms with Crippen LogP contribution in [0, 0.1) is 0 Å². The number of hydrogen-bond donors (Lipinski definition) is 2. The minimum absolute atomic E-state index is 0.0248. The van der Waals surface area contributed by atoms with Crippen LogP contribution in [-0.4, -0.2) is 49.5 Å². The van der Waals surface area contributed by atoms with Gasteiger partial charge in [0, 0.05) is 26.2 Å². The van der Waals surface area contributed by atoms with Gasteiger partial charge in [0.05, 0.1) is 0 Å². The topological polar surface area (TPSA) is 56.7 Å². The minimum atomic E-state index is 0.0248. The first kappa shape index (κ1) is 14.8. The number of guanidine groups is 1. The zero-order chi connectivity index (χ0) is 13.4. The number of nitrogens with zero attached hydrogens (tertiary/aromatic N) is 2. The third-order valence-electron chi connectivity index (χ3n) is 2.86. The summed E-state index contributed by atoms with van der Waals surface area (Å²) in [6, 6.07) is 0.410. The maximum atomic E-state index is 11.6. The summed E-state index contributed by atoms with van der Waals surface area (Å²) >= 11 is 0. The molecule has 1 saturated carbocycles. The Hall–Kier alpha value is -1.26. The van der Waals surface area contributed by atoms with E-state index in [4.69, 9.17) is 0 Å². The average molecular weight is 254 g/mol. The molecule has 18 heavy (non-hydrogen) atoms. The van der Waals surface area contributed by atoms with Crippen molar-refractivity contribution in [2.24, 2.45) is 4.99 Å². The zero-order valence-corrected chi connectivity index (χ0v) is 11.8. The van der Waals surface area contributed by atoms with Crippen LogP contribution in [0.5, 0.6) is 0 Å². The Morgan fingerprint density at radius 2 is 2.11 bits per heavy atom. The largest absolute Gasteiger partial charge is 0.357 e. The summed E-state index contributed by atoms with van der Waals surface area (Å²) in [5, 5.41) is 6.15. The Balaban J connectivity index is 2.39. The summed E-state index contributed by atoms with van der Waals surface area (Å²) < 4.78 is 0. The summed E-state index contributed by atoms with van der Waals surface area (Å²) in [6.07, 6.45) is 4.53. The highest BCUT2D eigenvalue weighted by Crippen LogP contribution is 2.18. The normalized spacial score (nSPS) is 15.4. The number of carbonyl (C=O) groups excluding carboxylic acids is 1. The first-order valence-electron chi connectivity index (χ1n) is 6.96. The van der Waals surface area contributed by atoms with Crippen molar-refractivity contribution in [3.8, 4) is 0 Å².